The van der Waals surface area contributed by atoms with E-state index in [0.29, 0.717) is 5.75 Å². The summed E-state index contributed by atoms with van der Waals surface area (Å²) in [6, 6.07) is 7.19. The smallest absolute Gasteiger partial charge is 0.230 e. The van der Waals surface area contributed by atoms with E-state index in [0.717, 1.165) is 36.9 Å². The van der Waals surface area contributed by atoms with Crippen molar-refractivity contribution in [3.63, 3.8) is 0 Å². The van der Waals surface area contributed by atoms with Crippen molar-refractivity contribution in [1.82, 2.24) is 10.2 Å². The van der Waals surface area contributed by atoms with E-state index in [1.54, 1.807) is 23.9 Å². The molecule has 1 aliphatic heterocycles. The fraction of sp³-hybridized carbons (Fsp3) is 0.632. The highest BCUT2D eigenvalue weighted by atomic mass is 32.2. The first-order valence-electron chi connectivity index (χ1n) is 9.02. The van der Waals surface area contributed by atoms with Gasteiger partial charge in [0.2, 0.25) is 5.91 Å². The number of carbonyl (C=O) groups excluding carboxylic acids is 1. The molecule has 1 fully saturated rings. The Hall–Kier alpha value is -1.07. The average Bonchev–Trinajstić information content (AvgIpc) is 2.61. The Balaban J connectivity index is 1.54. The molecule has 1 N–H and O–H groups in total. The molecule has 1 aromatic carbocycles. The number of benzene rings is 1. The molecule has 24 heavy (non-hydrogen) atoms. The summed E-state index contributed by atoms with van der Waals surface area (Å²) in [6.07, 6.45) is 6.24. The van der Waals surface area contributed by atoms with Crippen LogP contribution in [0.3, 0.4) is 0 Å². The van der Waals surface area contributed by atoms with Crippen molar-refractivity contribution in [2.45, 2.75) is 50.8 Å². The maximum Gasteiger partial charge on any atom is 0.230 e. The molecule has 3 nitrogen and oxygen atoms in total. The molecule has 1 heterocycles. The second-order valence-electron chi connectivity index (χ2n) is 6.42. The van der Waals surface area contributed by atoms with Crippen molar-refractivity contribution >= 4 is 17.7 Å². The number of hydrogen-bond donors (Lipinski definition) is 1. The molecule has 0 aromatic heterocycles. The van der Waals surface area contributed by atoms with Gasteiger partial charge in [-0.2, -0.15) is 0 Å². The quantitative estimate of drug-likeness (QED) is 0.686. The highest BCUT2D eigenvalue weighted by molar-refractivity contribution is 7.99. The minimum atomic E-state index is -0.222. The average molecular weight is 353 g/mol. The summed E-state index contributed by atoms with van der Waals surface area (Å²) in [4.78, 5) is 14.4. The van der Waals surface area contributed by atoms with Gasteiger partial charge in [-0.3, -0.25) is 4.79 Å². The minimum Gasteiger partial charge on any atom is -0.355 e. The first-order valence-corrected chi connectivity index (χ1v) is 10.2. The van der Waals surface area contributed by atoms with E-state index >= 15 is 0 Å². The van der Waals surface area contributed by atoms with E-state index in [4.69, 9.17) is 0 Å². The highest BCUT2D eigenvalue weighted by Gasteiger charge is 2.19. The normalized spacial score (nSPS) is 18.5. The Kier molecular flexibility index (Phi) is 8.60. The maximum absolute atomic E-state index is 12.8. The van der Waals surface area contributed by atoms with Crippen molar-refractivity contribution in [2.24, 2.45) is 0 Å². The Morgan fingerprint density at radius 2 is 2.12 bits per heavy atom. The predicted octanol–water partition coefficient (Wildman–Crippen LogP) is 3.83. The molecule has 0 saturated carbocycles. The van der Waals surface area contributed by atoms with Crippen LogP contribution in [0.1, 0.15) is 44.6 Å². The molecule has 2 rings (SSSR count). The third kappa shape index (κ3) is 6.81. The number of amides is 1. The molecule has 0 radical (unpaired) electrons. The molecule has 0 bridgehead atoms. The zero-order chi connectivity index (χ0) is 17.2. The number of halogens is 1. The van der Waals surface area contributed by atoms with Gasteiger partial charge in [0.15, 0.2) is 0 Å². The summed E-state index contributed by atoms with van der Waals surface area (Å²) in [5.74, 6) is 1.06. The van der Waals surface area contributed by atoms with Gasteiger partial charge in [0.05, 0.1) is 5.75 Å². The lowest BCUT2D eigenvalue weighted by molar-refractivity contribution is -0.118. The fourth-order valence-corrected chi connectivity index (χ4v) is 4.04. The van der Waals surface area contributed by atoms with Gasteiger partial charge in [0, 0.05) is 24.9 Å². The molecular weight excluding hydrogens is 323 g/mol. The van der Waals surface area contributed by atoms with Gasteiger partial charge in [-0.05, 0) is 49.9 Å². The van der Waals surface area contributed by atoms with Gasteiger partial charge in [-0.1, -0.05) is 25.5 Å². The number of nitrogens with zero attached hydrogens (tertiary/aromatic N) is 1. The van der Waals surface area contributed by atoms with E-state index in [2.05, 4.69) is 17.1 Å². The molecule has 5 heteroatoms. The van der Waals surface area contributed by atoms with Gasteiger partial charge in [0.25, 0.3) is 0 Å². The number of likely N-dealkylation sites (tertiary alicyclic amines) is 1. The number of hydrogen-bond acceptors (Lipinski definition) is 3. The Bertz CT molecular complexity index is 495. The maximum atomic E-state index is 12.8. The van der Waals surface area contributed by atoms with E-state index in [-0.39, 0.29) is 11.7 Å². The van der Waals surface area contributed by atoms with Crippen LogP contribution in [0, 0.1) is 5.82 Å². The van der Waals surface area contributed by atoms with Crippen LogP contribution in [-0.2, 0) is 10.5 Å². The number of carbonyl (C=O) groups is 1. The third-order valence-corrected chi connectivity index (χ3v) is 5.58. The van der Waals surface area contributed by atoms with Crippen molar-refractivity contribution in [3.05, 3.63) is 35.6 Å². The van der Waals surface area contributed by atoms with Crippen molar-refractivity contribution < 1.29 is 9.18 Å². The van der Waals surface area contributed by atoms with Gasteiger partial charge in [0.1, 0.15) is 5.82 Å². The van der Waals surface area contributed by atoms with E-state index in [1.165, 1.54) is 44.4 Å². The standard InChI is InChI=1S/C19H29FN2OS/c1-2-18-6-3-4-12-22(18)13-5-11-21-19(23)15-24-14-16-7-9-17(20)10-8-16/h7-10,18H,2-6,11-15H2,1H3,(H,21,23). The second kappa shape index (κ2) is 10.7. The molecule has 134 valence electrons. The molecule has 1 unspecified atom stereocenters. The predicted molar refractivity (Wildman–Crippen MR) is 99.7 cm³/mol. The number of rotatable bonds is 9. The zero-order valence-corrected chi connectivity index (χ0v) is 15.4. The fourth-order valence-electron chi connectivity index (χ4n) is 3.22. The number of piperidine rings is 1. The largest absolute Gasteiger partial charge is 0.355 e. The Morgan fingerprint density at radius 3 is 2.88 bits per heavy atom. The van der Waals surface area contributed by atoms with Crippen LogP contribution in [-0.4, -0.2) is 42.2 Å². The van der Waals surface area contributed by atoms with Crippen LogP contribution in [0.5, 0.6) is 0 Å². The first-order chi connectivity index (χ1) is 11.7. The summed E-state index contributed by atoms with van der Waals surface area (Å²) in [6.45, 7) is 5.31. The van der Waals surface area contributed by atoms with Crippen molar-refractivity contribution in [1.29, 1.82) is 0 Å². The second-order valence-corrected chi connectivity index (χ2v) is 7.40. The SMILES string of the molecule is CCC1CCCCN1CCCNC(=O)CSCc1ccc(F)cc1. The summed E-state index contributed by atoms with van der Waals surface area (Å²) >= 11 is 1.57. The lowest BCUT2D eigenvalue weighted by atomic mass is 10.00. The molecule has 0 spiro atoms. The highest BCUT2D eigenvalue weighted by Crippen LogP contribution is 2.19. The molecule has 1 aliphatic rings. The van der Waals surface area contributed by atoms with Crippen LogP contribution in [0.2, 0.25) is 0 Å². The first kappa shape index (κ1) is 19.3. The number of thioether (sulfide) groups is 1. The summed E-state index contributed by atoms with van der Waals surface area (Å²) < 4.78 is 12.8. The Labute approximate surface area is 149 Å². The van der Waals surface area contributed by atoms with Gasteiger partial charge in [-0.25, -0.2) is 4.39 Å². The summed E-state index contributed by atoms with van der Waals surface area (Å²) in [7, 11) is 0. The van der Waals surface area contributed by atoms with E-state index in [9.17, 15) is 9.18 Å². The van der Waals surface area contributed by atoms with Crippen LogP contribution in [0.15, 0.2) is 24.3 Å². The lowest BCUT2D eigenvalue weighted by Gasteiger charge is -2.35. The van der Waals surface area contributed by atoms with Gasteiger partial charge < -0.3 is 10.2 Å². The molecule has 1 saturated heterocycles. The van der Waals surface area contributed by atoms with Gasteiger partial charge >= 0.3 is 0 Å². The lowest BCUT2D eigenvalue weighted by Crippen LogP contribution is -2.40. The van der Waals surface area contributed by atoms with Crippen molar-refractivity contribution in [3.8, 4) is 0 Å². The molecule has 0 aliphatic carbocycles. The third-order valence-electron chi connectivity index (χ3n) is 4.58. The molecule has 1 amide bonds. The van der Waals surface area contributed by atoms with Crippen LogP contribution < -0.4 is 5.32 Å². The topological polar surface area (TPSA) is 32.3 Å². The Morgan fingerprint density at radius 1 is 1.33 bits per heavy atom. The zero-order valence-electron chi connectivity index (χ0n) is 14.6. The van der Waals surface area contributed by atoms with Crippen molar-refractivity contribution in [2.75, 3.05) is 25.4 Å². The van der Waals surface area contributed by atoms with Crippen LogP contribution >= 0.6 is 11.8 Å². The van der Waals surface area contributed by atoms with Crippen LogP contribution in [0.4, 0.5) is 4.39 Å². The summed E-state index contributed by atoms with van der Waals surface area (Å²) in [5, 5.41) is 3.00. The van der Waals surface area contributed by atoms with E-state index < -0.39 is 0 Å². The van der Waals surface area contributed by atoms with Crippen LogP contribution in [0.25, 0.3) is 0 Å². The monoisotopic (exact) mass is 352 g/mol. The van der Waals surface area contributed by atoms with Gasteiger partial charge in [-0.15, -0.1) is 11.8 Å². The number of nitrogens with one attached hydrogen (secondary N) is 1. The summed E-state index contributed by atoms with van der Waals surface area (Å²) in [5.41, 5.74) is 1.05. The molecular formula is C19H29FN2OS. The minimum absolute atomic E-state index is 0.0906. The molecule has 1 aromatic rings. The van der Waals surface area contributed by atoms with E-state index in [1.807, 2.05) is 0 Å². The molecule has 1 atom stereocenters.